The zero-order valence-corrected chi connectivity index (χ0v) is 12.8. The van der Waals surface area contributed by atoms with Crippen LogP contribution in [0.4, 0.5) is 0 Å². The van der Waals surface area contributed by atoms with Crippen LogP contribution in [0.2, 0.25) is 0 Å². The molecule has 0 unspecified atom stereocenters. The van der Waals surface area contributed by atoms with Crippen LogP contribution in [0.15, 0.2) is 34.1 Å². The normalized spacial score (nSPS) is 10.4. The molecule has 19 heavy (non-hydrogen) atoms. The van der Waals surface area contributed by atoms with E-state index in [2.05, 4.69) is 21.2 Å². The summed E-state index contributed by atoms with van der Waals surface area (Å²) in [6.45, 7) is 2.41. The molecule has 0 saturated carbocycles. The van der Waals surface area contributed by atoms with E-state index in [0.717, 1.165) is 15.8 Å². The molecule has 0 bridgehead atoms. The molecule has 0 saturated heterocycles. The Labute approximate surface area is 124 Å². The predicted octanol–water partition coefficient (Wildman–Crippen LogP) is 3.50. The van der Waals surface area contributed by atoms with Gasteiger partial charge in [-0.2, -0.15) is 0 Å². The van der Waals surface area contributed by atoms with Crippen LogP contribution >= 0.6 is 27.3 Å². The van der Waals surface area contributed by atoms with E-state index in [0.29, 0.717) is 12.1 Å². The Morgan fingerprint density at radius 3 is 2.79 bits per heavy atom. The number of hydrogen-bond acceptors (Lipinski definition) is 3. The Hall–Kier alpha value is -1.33. The van der Waals surface area contributed by atoms with Gasteiger partial charge in [-0.3, -0.25) is 4.79 Å². The molecule has 100 valence electrons. The summed E-state index contributed by atoms with van der Waals surface area (Å²) < 4.78 is 1.10. The fourth-order valence-corrected chi connectivity index (χ4v) is 3.27. The maximum atomic E-state index is 12.0. The van der Waals surface area contributed by atoms with Gasteiger partial charge >= 0.3 is 0 Å². The molecule has 1 aromatic carbocycles. The Kier molecular flexibility index (Phi) is 4.61. The van der Waals surface area contributed by atoms with Crippen molar-refractivity contribution in [1.29, 1.82) is 0 Å². The highest BCUT2D eigenvalue weighted by Gasteiger charge is 2.09. The van der Waals surface area contributed by atoms with Crippen molar-refractivity contribution in [2.75, 3.05) is 6.54 Å². The van der Waals surface area contributed by atoms with Crippen molar-refractivity contribution in [3.8, 4) is 5.75 Å². The van der Waals surface area contributed by atoms with Gasteiger partial charge in [0.2, 0.25) is 0 Å². The van der Waals surface area contributed by atoms with Crippen LogP contribution in [-0.4, -0.2) is 17.6 Å². The lowest BCUT2D eigenvalue weighted by molar-refractivity contribution is 0.0953. The number of phenolic OH excluding ortho intramolecular Hbond substituents is 1. The predicted molar refractivity (Wildman–Crippen MR) is 80.9 cm³/mol. The van der Waals surface area contributed by atoms with Crippen molar-refractivity contribution in [2.45, 2.75) is 13.3 Å². The number of benzene rings is 1. The second-order valence-electron chi connectivity index (χ2n) is 4.21. The second kappa shape index (κ2) is 6.21. The number of nitrogens with one attached hydrogen (secondary N) is 1. The average molecular weight is 340 g/mol. The van der Waals surface area contributed by atoms with E-state index in [1.807, 2.05) is 19.1 Å². The van der Waals surface area contributed by atoms with Crippen LogP contribution in [0.5, 0.6) is 5.75 Å². The lowest BCUT2D eigenvalue weighted by Crippen LogP contribution is -2.26. The zero-order valence-electron chi connectivity index (χ0n) is 10.4. The summed E-state index contributed by atoms with van der Waals surface area (Å²) in [6, 6.07) is 8.81. The van der Waals surface area contributed by atoms with Gasteiger partial charge in [0.05, 0.1) is 3.79 Å². The number of rotatable bonds is 4. The number of amides is 1. The van der Waals surface area contributed by atoms with Gasteiger partial charge in [-0.15, -0.1) is 11.3 Å². The maximum Gasteiger partial charge on any atom is 0.251 e. The van der Waals surface area contributed by atoms with Crippen LogP contribution in [-0.2, 0) is 6.42 Å². The standard InChI is InChI=1S/C14H14BrNO2S/c1-9-8-10(17)2-4-12(9)14(18)16-7-6-11-3-5-13(15)19-11/h2-5,8,17H,6-7H2,1H3,(H,16,18). The Bertz CT molecular complexity index is 595. The molecular formula is C14H14BrNO2S. The van der Waals surface area contributed by atoms with Gasteiger partial charge < -0.3 is 10.4 Å². The molecule has 2 aromatic rings. The number of thiophene rings is 1. The largest absolute Gasteiger partial charge is 0.508 e. The first kappa shape index (κ1) is 14.1. The number of phenols is 1. The Morgan fingerprint density at radius 1 is 1.37 bits per heavy atom. The summed E-state index contributed by atoms with van der Waals surface area (Å²) in [5.41, 5.74) is 1.38. The zero-order chi connectivity index (χ0) is 13.8. The number of carbonyl (C=O) groups excluding carboxylic acids is 1. The molecule has 1 amide bonds. The molecule has 0 aliphatic carbocycles. The quantitative estimate of drug-likeness (QED) is 0.895. The summed E-state index contributed by atoms with van der Waals surface area (Å²) in [5.74, 6) is 0.0746. The Balaban J connectivity index is 1.90. The number of aryl methyl sites for hydroxylation is 1. The molecule has 1 heterocycles. The molecular weight excluding hydrogens is 326 g/mol. The monoisotopic (exact) mass is 339 g/mol. The van der Waals surface area contributed by atoms with E-state index >= 15 is 0 Å². The van der Waals surface area contributed by atoms with E-state index in [1.54, 1.807) is 23.5 Å². The summed E-state index contributed by atoms with van der Waals surface area (Å²) in [4.78, 5) is 13.2. The third-order valence-corrected chi connectivity index (χ3v) is 4.42. The van der Waals surface area contributed by atoms with Crippen molar-refractivity contribution < 1.29 is 9.90 Å². The topological polar surface area (TPSA) is 49.3 Å². The summed E-state index contributed by atoms with van der Waals surface area (Å²) >= 11 is 5.09. The molecule has 3 nitrogen and oxygen atoms in total. The lowest BCUT2D eigenvalue weighted by Gasteiger charge is -2.07. The number of hydrogen-bond donors (Lipinski definition) is 2. The summed E-state index contributed by atoms with van der Waals surface area (Å²) in [5, 5.41) is 12.2. The van der Waals surface area contributed by atoms with E-state index in [4.69, 9.17) is 0 Å². The second-order valence-corrected chi connectivity index (χ2v) is 6.76. The van der Waals surface area contributed by atoms with Gasteiger partial charge in [0.1, 0.15) is 5.75 Å². The summed E-state index contributed by atoms with van der Waals surface area (Å²) in [7, 11) is 0. The molecule has 5 heteroatoms. The van der Waals surface area contributed by atoms with Crippen molar-refractivity contribution in [1.82, 2.24) is 5.32 Å². The van der Waals surface area contributed by atoms with E-state index in [-0.39, 0.29) is 11.7 Å². The minimum absolute atomic E-state index is 0.104. The van der Waals surface area contributed by atoms with Crippen LogP contribution in [0.1, 0.15) is 20.8 Å². The SMILES string of the molecule is Cc1cc(O)ccc1C(=O)NCCc1ccc(Br)s1. The lowest BCUT2D eigenvalue weighted by atomic mass is 10.1. The highest BCUT2D eigenvalue weighted by Crippen LogP contribution is 2.22. The minimum atomic E-state index is -0.104. The van der Waals surface area contributed by atoms with Crippen LogP contribution < -0.4 is 5.32 Å². The van der Waals surface area contributed by atoms with Crippen molar-refractivity contribution in [3.63, 3.8) is 0 Å². The molecule has 0 aliphatic rings. The molecule has 2 rings (SSSR count). The van der Waals surface area contributed by atoms with Gasteiger partial charge in [-0.1, -0.05) is 0 Å². The first-order valence-electron chi connectivity index (χ1n) is 5.88. The highest BCUT2D eigenvalue weighted by molar-refractivity contribution is 9.11. The van der Waals surface area contributed by atoms with Crippen LogP contribution in [0, 0.1) is 6.92 Å². The van der Waals surface area contributed by atoms with E-state index in [1.165, 1.54) is 10.9 Å². The van der Waals surface area contributed by atoms with Gasteiger partial charge in [-0.25, -0.2) is 0 Å². The highest BCUT2D eigenvalue weighted by atomic mass is 79.9. The van der Waals surface area contributed by atoms with Crippen molar-refractivity contribution >= 4 is 33.2 Å². The third kappa shape index (κ3) is 3.81. The van der Waals surface area contributed by atoms with Crippen LogP contribution in [0.3, 0.4) is 0 Å². The fraction of sp³-hybridized carbons (Fsp3) is 0.214. The van der Waals surface area contributed by atoms with Gasteiger partial charge in [0.25, 0.3) is 5.91 Å². The average Bonchev–Trinajstić information content (AvgIpc) is 2.75. The van der Waals surface area contributed by atoms with Gasteiger partial charge in [0, 0.05) is 17.0 Å². The van der Waals surface area contributed by atoms with Crippen LogP contribution in [0.25, 0.3) is 0 Å². The summed E-state index contributed by atoms with van der Waals surface area (Å²) in [6.07, 6.45) is 0.819. The number of carbonyl (C=O) groups is 1. The third-order valence-electron chi connectivity index (χ3n) is 2.74. The number of halogens is 1. The molecule has 1 aromatic heterocycles. The first-order chi connectivity index (χ1) is 9.06. The van der Waals surface area contributed by atoms with Gasteiger partial charge in [-0.05, 0) is 65.2 Å². The molecule has 0 aliphatic heterocycles. The molecule has 0 atom stereocenters. The van der Waals surface area contributed by atoms with Gasteiger partial charge in [0.15, 0.2) is 0 Å². The molecule has 0 spiro atoms. The molecule has 2 N–H and O–H groups in total. The molecule has 0 fully saturated rings. The first-order valence-corrected chi connectivity index (χ1v) is 7.49. The smallest absolute Gasteiger partial charge is 0.251 e. The van der Waals surface area contributed by atoms with E-state index in [9.17, 15) is 9.90 Å². The maximum absolute atomic E-state index is 12.0. The van der Waals surface area contributed by atoms with Crippen molar-refractivity contribution in [2.24, 2.45) is 0 Å². The van der Waals surface area contributed by atoms with E-state index < -0.39 is 0 Å². The fourth-order valence-electron chi connectivity index (χ4n) is 1.78. The van der Waals surface area contributed by atoms with Crippen molar-refractivity contribution in [3.05, 3.63) is 50.1 Å². The molecule has 0 radical (unpaired) electrons. The minimum Gasteiger partial charge on any atom is -0.508 e. The Morgan fingerprint density at radius 2 is 2.16 bits per heavy atom. The number of aromatic hydroxyl groups is 1.